The number of morpholine rings is 1. The van der Waals surface area contributed by atoms with Crippen molar-refractivity contribution in [2.75, 3.05) is 37.0 Å². The van der Waals surface area contributed by atoms with Crippen molar-refractivity contribution in [1.82, 2.24) is 9.97 Å². The molecule has 1 saturated heterocycles. The molecular formula is C11H15N5O. The number of ether oxygens (including phenoxy) is 1. The van der Waals surface area contributed by atoms with Crippen molar-refractivity contribution < 1.29 is 4.74 Å². The molecule has 0 radical (unpaired) electrons. The molecule has 1 aliphatic heterocycles. The third-order valence-corrected chi connectivity index (χ3v) is 2.60. The van der Waals surface area contributed by atoms with Crippen LogP contribution in [0.4, 0.5) is 11.8 Å². The molecule has 0 bridgehead atoms. The number of nitrogens with one attached hydrogen (secondary N) is 1. The maximum atomic E-state index is 8.86. The zero-order valence-corrected chi connectivity index (χ0v) is 9.97. The summed E-state index contributed by atoms with van der Waals surface area (Å²) in [5, 5.41) is 11.8. The van der Waals surface area contributed by atoms with E-state index in [1.165, 1.54) is 0 Å². The van der Waals surface area contributed by atoms with E-state index in [0.29, 0.717) is 19.1 Å². The Hall–Kier alpha value is -1.87. The molecule has 1 fully saturated rings. The van der Waals surface area contributed by atoms with Gasteiger partial charge >= 0.3 is 0 Å². The number of aryl methyl sites for hydroxylation is 1. The highest BCUT2D eigenvalue weighted by atomic mass is 16.5. The quantitative estimate of drug-likeness (QED) is 0.804. The van der Waals surface area contributed by atoms with Gasteiger partial charge in [0.1, 0.15) is 5.82 Å². The second-order valence-electron chi connectivity index (χ2n) is 3.88. The first-order valence-corrected chi connectivity index (χ1v) is 5.52. The minimum atomic E-state index is -0.378. The lowest BCUT2D eigenvalue weighted by Gasteiger charge is -2.30. The number of aromatic nitrogens is 2. The Kier molecular flexibility index (Phi) is 3.40. The van der Waals surface area contributed by atoms with Crippen molar-refractivity contribution in [3.8, 4) is 6.07 Å². The first-order valence-electron chi connectivity index (χ1n) is 5.52. The highest BCUT2D eigenvalue weighted by Gasteiger charge is 2.21. The molecule has 2 rings (SSSR count). The fourth-order valence-electron chi connectivity index (χ4n) is 1.76. The Morgan fingerprint density at radius 2 is 2.41 bits per heavy atom. The summed E-state index contributed by atoms with van der Waals surface area (Å²) < 4.78 is 5.30. The van der Waals surface area contributed by atoms with Crippen LogP contribution in [0, 0.1) is 18.3 Å². The van der Waals surface area contributed by atoms with Crippen LogP contribution in [0.3, 0.4) is 0 Å². The van der Waals surface area contributed by atoms with Crippen LogP contribution in [0.25, 0.3) is 0 Å². The molecule has 17 heavy (non-hydrogen) atoms. The molecule has 0 aromatic carbocycles. The van der Waals surface area contributed by atoms with E-state index in [1.807, 2.05) is 17.9 Å². The van der Waals surface area contributed by atoms with Crippen molar-refractivity contribution in [1.29, 1.82) is 5.26 Å². The zero-order valence-electron chi connectivity index (χ0n) is 9.97. The normalized spacial score (nSPS) is 19.8. The molecule has 1 atom stereocenters. The fourth-order valence-corrected chi connectivity index (χ4v) is 1.76. The highest BCUT2D eigenvalue weighted by Crippen LogP contribution is 2.17. The summed E-state index contributed by atoms with van der Waals surface area (Å²) in [6.45, 7) is 3.78. The van der Waals surface area contributed by atoms with Gasteiger partial charge in [0.05, 0.1) is 19.2 Å². The van der Waals surface area contributed by atoms with E-state index in [0.717, 1.165) is 18.1 Å². The Morgan fingerprint density at radius 3 is 3.12 bits per heavy atom. The fraction of sp³-hybridized carbons (Fsp3) is 0.545. The van der Waals surface area contributed by atoms with Crippen LogP contribution in [0.1, 0.15) is 5.69 Å². The van der Waals surface area contributed by atoms with E-state index in [9.17, 15) is 0 Å². The van der Waals surface area contributed by atoms with Crippen molar-refractivity contribution in [2.24, 2.45) is 0 Å². The first-order chi connectivity index (χ1) is 8.22. The van der Waals surface area contributed by atoms with E-state index in [1.54, 1.807) is 7.05 Å². The number of hydrogen-bond donors (Lipinski definition) is 1. The van der Waals surface area contributed by atoms with E-state index >= 15 is 0 Å². The molecule has 6 heteroatoms. The van der Waals surface area contributed by atoms with Crippen molar-refractivity contribution >= 4 is 11.8 Å². The molecule has 1 aliphatic rings. The standard InChI is InChI=1S/C11H15N5O/c1-8-5-10(15-11(13-2)14-8)16-3-4-17-9(6-12)7-16/h5,9H,3-4,7H2,1-2H3,(H,13,14,15). The SMILES string of the molecule is CNc1nc(C)cc(N2CCOC(C#N)C2)n1. The topological polar surface area (TPSA) is 74.1 Å². The summed E-state index contributed by atoms with van der Waals surface area (Å²) in [5.41, 5.74) is 0.902. The lowest BCUT2D eigenvalue weighted by atomic mass is 10.3. The van der Waals surface area contributed by atoms with E-state index in [-0.39, 0.29) is 6.10 Å². The second-order valence-corrected chi connectivity index (χ2v) is 3.88. The van der Waals surface area contributed by atoms with E-state index in [4.69, 9.17) is 10.00 Å². The largest absolute Gasteiger partial charge is 0.360 e. The molecular weight excluding hydrogens is 218 g/mol. The molecule has 1 unspecified atom stereocenters. The van der Waals surface area contributed by atoms with Gasteiger partial charge in [0, 0.05) is 25.4 Å². The predicted octanol–water partition coefficient (Wildman–Crippen LogP) is 0.555. The Morgan fingerprint density at radius 1 is 1.59 bits per heavy atom. The van der Waals surface area contributed by atoms with Crippen LogP contribution in [0.2, 0.25) is 0 Å². The van der Waals surface area contributed by atoms with Gasteiger partial charge in [-0.2, -0.15) is 10.2 Å². The average Bonchev–Trinajstić information content (AvgIpc) is 2.38. The van der Waals surface area contributed by atoms with Gasteiger partial charge in [-0.05, 0) is 6.92 Å². The number of rotatable bonds is 2. The maximum absolute atomic E-state index is 8.86. The number of hydrogen-bond acceptors (Lipinski definition) is 6. The Balaban J connectivity index is 2.21. The summed E-state index contributed by atoms with van der Waals surface area (Å²) in [7, 11) is 1.79. The molecule has 6 nitrogen and oxygen atoms in total. The monoisotopic (exact) mass is 233 g/mol. The average molecular weight is 233 g/mol. The summed E-state index contributed by atoms with van der Waals surface area (Å²) >= 11 is 0. The van der Waals surface area contributed by atoms with Gasteiger partial charge in [0.2, 0.25) is 5.95 Å². The maximum Gasteiger partial charge on any atom is 0.224 e. The minimum absolute atomic E-state index is 0.378. The third kappa shape index (κ3) is 2.63. The Labute approximate surface area is 100 Å². The third-order valence-electron chi connectivity index (χ3n) is 2.60. The number of nitriles is 1. The smallest absolute Gasteiger partial charge is 0.224 e. The van der Waals surface area contributed by atoms with Gasteiger partial charge < -0.3 is 15.0 Å². The van der Waals surface area contributed by atoms with Gasteiger partial charge in [-0.3, -0.25) is 0 Å². The van der Waals surface area contributed by atoms with E-state index < -0.39 is 0 Å². The van der Waals surface area contributed by atoms with Crippen LogP contribution in [-0.2, 0) is 4.74 Å². The lowest BCUT2D eigenvalue weighted by molar-refractivity contribution is 0.0761. The van der Waals surface area contributed by atoms with Gasteiger partial charge in [-0.25, -0.2) is 4.98 Å². The van der Waals surface area contributed by atoms with Crippen molar-refractivity contribution in [3.63, 3.8) is 0 Å². The van der Waals surface area contributed by atoms with Crippen LogP contribution in [0.15, 0.2) is 6.07 Å². The lowest BCUT2D eigenvalue weighted by Crippen LogP contribution is -2.42. The van der Waals surface area contributed by atoms with Gasteiger partial charge in [-0.15, -0.1) is 0 Å². The van der Waals surface area contributed by atoms with Gasteiger partial charge in [-0.1, -0.05) is 0 Å². The summed E-state index contributed by atoms with van der Waals surface area (Å²) in [6, 6.07) is 4.04. The van der Waals surface area contributed by atoms with Crippen LogP contribution in [-0.4, -0.2) is 42.8 Å². The molecule has 90 valence electrons. The zero-order chi connectivity index (χ0) is 12.3. The number of anilines is 2. The van der Waals surface area contributed by atoms with E-state index in [2.05, 4.69) is 21.4 Å². The molecule has 1 aromatic rings. The second kappa shape index (κ2) is 4.97. The van der Waals surface area contributed by atoms with Gasteiger partial charge in [0.15, 0.2) is 6.10 Å². The summed E-state index contributed by atoms with van der Waals surface area (Å²) in [4.78, 5) is 10.7. The first kappa shape index (κ1) is 11.6. The summed E-state index contributed by atoms with van der Waals surface area (Å²) in [5.74, 6) is 1.44. The Bertz CT molecular complexity index is 442. The molecule has 0 saturated carbocycles. The molecule has 0 amide bonds. The molecule has 1 N–H and O–H groups in total. The molecule has 0 aliphatic carbocycles. The molecule has 0 spiro atoms. The van der Waals surface area contributed by atoms with Crippen LogP contribution >= 0.6 is 0 Å². The molecule has 2 heterocycles. The van der Waals surface area contributed by atoms with Crippen LogP contribution < -0.4 is 10.2 Å². The highest BCUT2D eigenvalue weighted by molar-refractivity contribution is 5.45. The minimum Gasteiger partial charge on any atom is -0.360 e. The van der Waals surface area contributed by atoms with Crippen LogP contribution in [0.5, 0.6) is 0 Å². The number of nitrogens with zero attached hydrogens (tertiary/aromatic N) is 4. The van der Waals surface area contributed by atoms with Gasteiger partial charge in [0.25, 0.3) is 0 Å². The summed E-state index contributed by atoms with van der Waals surface area (Å²) in [6.07, 6.45) is -0.378. The van der Waals surface area contributed by atoms with Crippen molar-refractivity contribution in [2.45, 2.75) is 13.0 Å². The molecule has 1 aromatic heterocycles. The predicted molar refractivity (Wildman–Crippen MR) is 63.9 cm³/mol. The van der Waals surface area contributed by atoms with Crippen molar-refractivity contribution in [3.05, 3.63) is 11.8 Å².